The molecule has 1 amide bonds. The van der Waals surface area contributed by atoms with Crippen LogP contribution in [0.3, 0.4) is 0 Å². The van der Waals surface area contributed by atoms with Gasteiger partial charge in [0.1, 0.15) is 10.7 Å². The smallest absolute Gasteiger partial charge is 0.273 e. The Morgan fingerprint density at radius 3 is 2.38 bits per heavy atom. The van der Waals surface area contributed by atoms with E-state index in [0.29, 0.717) is 10.2 Å². The van der Waals surface area contributed by atoms with Gasteiger partial charge in [0.05, 0.1) is 10.2 Å². The minimum absolute atomic E-state index is 0.231. The third-order valence-corrected chi connectivity index (χ3v) is 4.88. The van der Waals surface area contributed by atoms with Crippen molar-refractivity contribution in [2.24, 2.45) is 5.73 Å². The molecule has 0 aliphatic rings. The summed E-state index contributed by atoms with van der Waals surface area (Å²) < 4.78 is 2.00. The van der Waals surface area contributed by atoms with Gasteiger partial charge in [-0.05, 0) is 30.7 Å². The van der Waals surface area contributed by atoms with Crippen LogP contribution in [0.1, 0.15) is 11.1 Å². The van der Waals surface area contributed by atoms with E-state index in [1.54, 1.807) is 30.3 Å². The molecular formula is C20H15N3O2S. The van der Waals surface area contributed by atoms with E-state index in [2.05, 4.69) is 0 Å². The molecule has 3 aromatic rings. The quantitative estimate of drug-likeness (QED) is 0.760. The normalized spacial score (nSPS) is 12.5. The zero-order valence-corrected chi connectivity index (χ0v) is 14.8. The van der Waals surface area contributed by atoms with Crippen LogP contribution in [-0.2, 0) is 4.79 Å². The van der Waals surface area contributed by atoms with E-state index in [4.69, 9.17) is 5.73 Å². The molecule has 0 aliphatic heterocycles. The fourth-order valence-corrected chi connectivity index (χ4v) is 3.59. The lowest BCUT2D eigenvalue weighted by Gasteiger charge is -2.01. The Morgan fingerprint density at radius 1 is 1.15 bits per heavy atom. The highest BCUT2D eigenvalue weighted by molar-refractivity contribution is 7.07. The number of nitrogens with two attached hydrogens (primary N) is 1. The standard InChI is InChI=1S/C20H15N3O2S/c1-13-7-9-14(10-8-13)11-17-19(25)23(15-5-3-2-4-6-15)20(26-17)16(12-21)18(22)24/h2-11H,1H3,(H2,22,24)/b17-11+,20-16+. The number of aryl methyl sites for hydroxylation is 1. The predicted molar refractivity (Wildman–Crippen MR) is 102 cm³/mol. The molecule has 0 atom stereocenters. The zero-order chi connectivity index (χ0) is 18.7. The zero-order valence-electron chi connectivity index (χ0n) is 14.0. The Balaban J connectivity index is 2.39. The van der Waals surface area contributed by atoms with Crippen LogP contribution in [0.5, 0.6) is 0 Å². The van der Waals surface area contributed by atoms with Crippen molar-refractivity contribution < 1.29 is 4.79 Å². The molecule has 0 saturated carbocycles. The van der Waals surface area contributed by atoms with Crippen LogP contribution in [0.2, 0.25) is 0 Å². The van der Waals surface area contributed by atoms with Gasteiger partial charge in [0, 0.05) is 0 Å². The molecule has 2 N–H and O–H groups in total. The first-order valence-electron chi connectivity index (χ1n) is 7.81. The van der Waals surface area contributed by atoms with Crippen LogP contribution in [0.15, 0.2) is 59.4 Å². The van der Waals surface area contributed by atoms with Crippen LogP contribution < -0.4 is 20.5 Å². The number of hydrogen-bond donors (Lipinski definition) is 1. The molecule has 0 radical (unpaired) electrons. The predicted octanol–water partition coefficient (Wildman–Crippen LogP) is 1.20. The second-order valence-corrected chi connectivity index (χ2v) is 6.68. The van der Waals surface area contributed by atoms with Gasteiger partial charge in [-0.15, -0.1) is 11.3 Å². The van der Waals surface area contributed by atoms with Crippen molar-refractivity contribution in [3.05, 3.63) is 85.3 Å². The molecule has 1 heterocycles. The summed E-state index contributed by atoms with van der Waals surface area (Å²) in [6.45, 7) is 1.98. The van der Waals surface area contributed by atoms with Crippen molar-refractivity contribution in [3.63, 3.8) is 0 Å². The lowest BCUT2D eigenvalue weighted by atomic mass is 10.1. The van der Waals surface area contributed by atoms with Crippen molar-refractivity contribution >= 4 is 28.9 Å². The molecule has 0 saturated heterocycles. The number of primary amides is 1. The minimum Gasteiger partial charge on any atom is -0.365 e. The van der Waals surface area contributed by atoms with Crippen molar-refractivity contribution in [3.8, 4) is 11.8 Å². The van der Waals surface area contributed by atoms with Crippen molar-refractivity contribution in [2.75, 3.05) is 0 Å². The highest BCUT2D eigenvalue weighted by atomic mass is 32.1. The number of amides is 1. The van der Waals surface area contributed by atoms with E-state index in [9.17, 15) is 14.9 Å². The number of nitrogens with zero attached hydrogens (tertiary/aromatic N) is 2. The minimum atomic E-state index is -0.861. The van der Waals surface area contributed by atoms with Crippen molar-refractivity contribution in [2.45, 2.75) is 6.92 Å². The fourth-order valence-electron chi connectivity index (χ4n) is 2.48. The van der Waals surface area contributed by atoms with Gasteiger partial charge >= 0.3 is 0 Å². The maximum Gasteiger partial charge on any atom is 0.273 e. The number of rotatable bonds is 3. The first-order chi connectivity index (χ1) is 12.5. The van der Waals surface area contributed by atoms with E-state index in [-0.39, 0.29) is 15.8 Å². The van der Waals surface area contributed by atoms with Crippen LogP contribution in [0, 0.1) is 18.3 Å². The molecule has 1 aromatic heterocycles. The van der Waals surface area contributed by atoms with Gasteiger partial charge in [-0.3, -0.25) is 14.2 Å². The average molecular weight is 361 g/mol. The summed E-state index contributed by atoms with van der Waals surface area (Å²) in [5.41, 5.74) is 7.35. The second-order valence-electron chi connectivity index (χ2n) is 5.65. The lowest BCUT2D eigenvalue weighted by molar-refractivity contribution is -0.112. The van der Waals surface area contributed by atoms with Crippen LogP contribution in [0.25, 0.3) is 17.3 Å². The molecule has 5 nitrogen and oxygen atoms in total. The first-order valence-corrected chi connectivity index (χ1v) is 8.63. The summed E-state index contributed by atoms with van der Waals surface area (Å²) in [6, 6.07) is 18.4. The molecule has 128 valence electrons. The van der Waals surface area contributed by atoms with E-state index in [1.165, 1.54) is 4.57 Å². The van der Waals surface area contributed by atoms with Gasteiger partial charge in [-0.1, -0.05) is 48.0 Å². The maximum absolute atomic E-state index is 13.0. The van der Waals surface area contributed by atoms with Crippen molar-refractivity contribution in [1.29, 1.82) is 5.26 Å². The summed E-state index contributed by atoms with van der Waals surface area (Å²) in [7, 11) is 0. The Bertz CT molecular complexity index is 1180. The van der Waals surface area contributed by atoms with E-state index in [1.807, 2.05) is 43.3 Å². The number of benzene rings is 2. The van der Waals surface area contributed by atoms with Gasteiger partial charge in [0.25, 0.3) is 11.5 Å². The Hall–Kier alpha value is -3.43. The number of carbonyl (C=O) groups excluding carboxylic acids is 1. The Morgan fingerprint density at radius 2 is 1.81 bits per heavy atom. The van der Waals surface area contributed by atoms with Gasteiger partial charge in [0.15, 0.2) is 5.57 Å². The molecule has 26 heavy (non-hydrogen) atoms. The molecular weight excluding hydrogens is 346 g/mol. The molecule has 0 spiro atoms. The lowest BCUT2D eigenvalue weighted by Crippen LogP contribution is -2.32. The Labute approximate surface area is 153 Å². The number of carbonyl (C=O) groups is 1. The summed E-state index contributed by atoms with van der Waals surface area (Å²) >= 11 is 1.08. The number of hydrogen-bond acceptors (Lipinski definition) is 4. The topological polar surface area (TPSA) is 88.9 Å². The summed E-state index contributed by atoms with van der Waals surface area (Å²) in [4.78, 5) is 24.6. The van der Waals surface area contributed by atoms with Gasteiger partial charge < -0.3 is 5.73 Å². The van der Waals surface area contributed by atoms with Crippen LogP contribution in [0.4, 0.5) is 0 Å². The number of thiazole rings is 1. The Kier molecular flexibility index (Phi) is 4.83. The molecule has 3 rings (SSSR count). The SMILES string of the molecule is Cc1ccc(/C=c2/s/c(=C(\C#N)C(N)=O)n(-c3ccccc3)c2=O)cc1. The number of nitriles is 1. The summed E-state index contributed by atoms with van der Waals surface area (Å²) in [6.07, 6.45) is 1.74. The highest BCUT2D eigenvalue weighted by Gasteiger charge is 2.14. The fraction of sp³-hybridized carbons (Fsp3) is 0.0500. The molecule has 6 heteroatoms. The van der Waals surface area contributed by atoms with Gasteiger partial charge in [-0.25, -0.2) is 0 Å². The van der Waals surface area contributed by atoms with Crippen molar-refractivity contribution in [1.82, 2.24) is 4.57 Å². The second kappa shape index (κ2) is 7.21. The third kappa shape index (κ3) is 3.34. The molecule has 0 aliphatic carbocycles. The summed E-state index contributed by atoms with van der Waals surface area (Å²) in [5.74, 6) is -0.861. The molecule has 0 fully saturated rings. The highest BCUT2D eigenvalue weighted by Crippen LogP contribution is 2.05. The van der Waals surface area contributed by atoms with Crippen LogP contribution >= 0.6 is 11.3 Å². The number of aromatic nitrogens is 1. The third-order valence-electron chi connectivity index (χ3n) is 3.79. The monoisotopic (exact) mass is 361 g/mol. The molecule has 0 unspecified atom stereocenters. The number of para-hydroxylation sites is 1. The van der Waals surface area contributed by atoms with Crippen LogP contribution in [-0.4, -0.2) is 10.5 Å². The van der Waals surface area contributed by atoms with E-state index < -0.39 is 5.91 Å². The summed E-state index contributed by atoms with van der Waals surface area (Å²) in [5, 5.41) is 9.33. The largest absolute Gasteiger partial charge is 0.365 e. The first kappa shape index (κ1) is 17.4. The maximum atomic E-state index is 13.0. The average Bonchev–Trinajstić information content (AvgIpc) is 2.94. The molecule has 0 bridgehead atoms. The van der Waals surface area contributed by atoms with Gasteiger partial charge in [0.2, 0.25) is 0 Å². The van der Waals surface area contributed by atoms with E-state index >= 15 is 0 Å². The molecule has 2 aromatic carbocycles. The van der Waals surface area contributed by atoms with Gasteiger partial charge in [-0.2, -0.15) is 5.26 Å². The van der Waals surface area contributed by atoms with E-state index in [0.717, 1.165) is 22.5 Å².